The quantitative estimate of drug-likeness (QED) is 0.297. The molecule has 13 heteroatoms. The maximum atomic E-state index is 12.4. The Balaban J connectivity index is 2.24. The average Bonchev–Trinajstić information content (AvgIpc) is 2.79. The first-order chi connectivity index (χ1) is 10.5. The summed E-state index contributed by atoms with van der Waals surface area (Å²) in [6, 6.07) is 1.03. The van der Waals surface area contributed by atoms with Crippen LogP contribution in [0.3, 0.4) is 0 Å². The van der Waals surface area contributed by atoms with Crippen molar-refractivity contribution >= 4 is 32.7 Å². The molecule has 23 heavy (non-hydrogen) atoms. The van der Waals surface area contributed by atoms with E-state index in [2.05, 4.69) is 4.18 Å². The van der Waals surface area contributed by atoms with Crippen LogP contribution in [0.4, 0.5) is 13.2 Å². The molecule has 2 rings (SSSR count). The highest BCUT2D eigenvalue weighted by Gasteiger charge is 2.51. The SMILES string of the molecule is O=c1ccn([C@H]2C[C@H](OS(=O)(=O)C(F)(F)F)[C@@H](CI)O2)c(=O)[nH]1. The third kappa shape index (κ3) is 3.95. The van der Waals surface area contributed by atoms with Gasteiger partial charge < -0.3 is 4.74 Å². The van der Waals surface area contributed by atoms with Crippen LogP contribution in [-0.4, -0.2) is 40.1 Å². The van der Waals surface area contributed by atoms with Gasteiger partial charge in [0.2, 0.25) is 0 Å². The summed E-state index contributed by atoms with van der Waals surface area (Å²) >= 11 is 1.79. The first kappa shape index (κ1) is 18.4. The number of nitrogens with zero attached hydrogens (tertiary/aromatic N) is 1. The Hall–Kier alpha value is -0.930. The van der Waals surface area contributed by atoms with Crippen molar-refractivity contribution in [1.82, 2.24) is 9.55 Å². The van der Waals surface area contributed by atoms with Crippen LogP contribution in [-0.2, 0) is 19.0 Å². The van der Waals surface area contributed by atoms with Gasteiger partial charge in [-0.1, -0.05) is 22.6 Å². The molecule has 0 saturated carbocycles. The van der Waals surface area contributed by atoms with Gasteiger partial charge in [-0.3, -0.25) is 18.5 Å². The summed E-state index contributed by atoms with van der Waals surface area (Å²) in [6.45, 7) is 0. The van der Waals surface area contributed by atoms with Crippen LogP contribution in [0.5, 0.6) is 0 Å². The second-order valence-electron chi connectivity index (χ2n) is 4.57. The monoisotopic (exact) mass is 470 g/mol. The van der Waals surface area contributed by atoms with Crippen molar-refractivity contribution in [2.75, 3.05) is 4.43 Å². The topological polar surface area (TPSA) is 107 Å². The maximum absolute atomic E-state index is 12.4. The normalized spacial score (nSPS) is 25.7. The number of rotatable bonds is 4. The van der Waals surface area contributed by atoms with Crippen molar-refractivity contribution in [1.29, 1.82) is 0 Å². The van der Waals surface area contributed by atoms with Crippen molar-refractivity contribution < 1.29 is 30.5 Å². The smallest absolute Gasteiger partial charge is 0.351 e. The molecule has 0 amide bonds. The van der Waals surface area contributed by atoms with Crippen LogP contribution < -0.4 is 11.2 Å². The van der Waals surface area contributed by atoms with Gasteiger partial charge in [0, 0.05) is 23.1 Å². The van der Waals surface area contributed by atoms with E-state index in [-0.39, 0.29) is 10.8 Å². The molecule has 1 fully saturated rings. The number of alkyl halides is 4. The number of ether oxygens (including phenoxy) is 1. The largest absolute Gasteiger partial charge is 0.523 e. The van der Waals surface area contributed by atoms with Gasteiger partial charge in [0.05, 0.1) is 6.10 Å². The van der Waals surface area contributed by atoms with Gasteiger partial charge in [-0.15, -0.1) is 0 Å². The zero-order chi connectivity index (χ0) is 17.4. The van der Waals surface area contributed by atoms with Gasteiger partial charge in [0.15, 0.2) is 0 Å². The van der Waals surface area contributed by atoms with Gasteiger partial charge in [0.1, 0.15) is 12.3 Å². The number of hydrogen-bond acceptors (Lipinski definition) is 6. The third-order valence-electron chi connectivity index (χ3n) is 3.03. The molecular formula is C10H10F3IN2O6S. The molecule has 8 nitrogen and oxygen atoms in total. The lowest BCUT2D eigenvalue weighted by molar-refractivity contribution is -0.0601. The Morgan fingerprint density at radius 2 is 2.09 bits per heavy atom. The molecule has 0 spiro atoms. The van der Waals surface area contributed by atoms with Crippen molar-refractivity contribution in [3.63, 3.8) is 0 Å². The second-order valence-corrected chi connectivity index (χ2v) is 7.02. The molecule has 3 atom stereocenters. The van der Waals surface area contributed by atoms with Crippen molar-refractivity contribution in [3.8, 4) is 0 Å². The lowest BCUT2D eigenvalue weighted by Gasteiger charge is -2.17. The Kier molecular flexibility index (Phi) is 5.22. The minimum Gasteiger partial charge on any atom is -0.351 e. The van der Waals surface area contributed by atoms with E-state index in [0.29, 0.717) is 0 Å². The summed E-state index contributed by atoms with van der Waals surface area (Å²) in [5, 5.41) is 0. The van der Waals surface area contributed by atoms with E-state index in [0.717, 1.165) is 16.8 Å². The molecule has 1 aliphatic heterocycles. The molecule has 130 valence electrons. The lowest BCUT2D eigenvalue weighted by Crippen LogP contribution is -2.34. The van der Waals surface area contributed by atoms with Crippen LogP contribution in [0.15, 0.2) is 21.9 Å². The Morgan fingerprint density at radius 3 is 2.61 bits per heavy atom. The highest BCUT2D eigenvalue weighted by atomic mass is 127. The number of aromatic nitrogens is 2. The zero-order valence-corrected chi connectivity index (χ0v) is 14.1. The first-order valence-corrected chi connectivity index (χ1v) is 9.01. The minimum absolute atomic E-state index is 0.143. The van der Waals surface area contributed by atoms with Crippen LogP contribution in [0, 0.1) is 0 Å². The van der Waals surface area contributed by atoms with Gasteiger partial charge >= 0.3 is 21.3 Å². The van der Waals surface area contributed by atoms with Crippen LogP contribution >= 0.6 is 22.6 Å². The molecule has 0 aromatic carbocycles. The summed E-state index contributed by atoms with van der Waals surface area (Å²) in [6.07, 6.45) is -2.60. The first-order valence-electron chi connectivity index (χ1n) is 6.07. The molecule has 0 aliphatic carbocycles. The van der Waals surface area contributed by atoms with Crippen LogP contribution in [0.1, 0.15) is 12.6 Å². The lowest BCUT2D eigenvalue weighted by atomic mass is 10.2. The van der Waals surface area contributed by atoms with Crippen LogP contribution in [0.2, 0.25) is 0 Å². The van der Waals surface area contributed by atoms with Crippen LogP contribution in [0.25, 0.3) is 0 Å². The molecule has 1 N–H and O–H groups in total. The summed E-state index contributed by atoms with van der Waals surface area (Å²) < 4.78 is 70.1. The van der Waals surface area contributed by atoms with E-state index in [1.807, 2.05) is 4.98 Å². The molecule has 1 aromatic heterocycles. The van der Waals surface area contributed by atoms with Crippen molar-refractivity contribution in [2.45, 2.75) is 30.4 Å². The number of halogens is 4. The molecule has 0 radical (unpaired) electrons. The predicted molar refractivity (Wildman–Crippen MR) is 78.6 cm³/mol. The van der Waals surface area contributed by atoms with E-state index < -0.39 is 45.3 Å². The molecular weight excluding hydrogens is 460 g/mol. The van der Waals surface area contributed by atoms with Gasteiger partial charge in [-0.25, -0.2) is 4.79 Å². The van der Waals surface area contributed by atoms with Gasteiger partial charge in [0.25, 0.3) is 5.56 Å². The average molecular weight is 470 g/mol. The fourth-order valence-corrected chi connectivity index (χ4v) is 3.39. The predicted octanol–water partition coefficient (Wildman–Crippen LogP) is 0.494. The zero-order valence-electron chi connectivity index (χ0n) is 11.1. The fourth-order valence-electron chi connectivity index (χ4n) is 1.98. The summed E-state index contributed by atoms with van der Waals surface area (Å²) in [5.74, 6) is 0. The van der Waals surface area contributed by atoms with E-state index in [4.69, 9.17) is 4.74 Å². The molecule has 0 unspecified atom stereocenters. The Morgan fingerprint density at radius 1 is 1.43 bits per heavy atom. The summed E-state index contributed by atoms with van der Waals surface area (Å²) in [5.41, 5.74) is -7.02. The standard InChI is InChI=1S/C10H10F3IN2O6S/c11-10(12,13)23(19,20)22-5-3-8(21-6(5)4-14)16-2-1-7(17)15-9(16)18/h1-2,5-6,8H,3-4H2,(H,15,17,18)/t5-,6+,8+/m0/s1. The van der Waals surface area contributed by atoms with E-state index in [9.17, 15) is 31.2 Å². The number of nitrogens with one attached hydrogen (secondary N) is 1. The maximum Gasteiger partial charge on any atom is 0.523 e. The molecule has 2 heterocycles. The Labute approximate surface area is 140 Å². The van der Waals surface area contributed by atoms with E-state index >= 15 is 0 Å². The number of aromatic amines is 1. The molecule has 1 aliphatic rings. The van der Waals surface area contributed by atoms with Gasteiger partial charge in [-0.2, -0.15) is 21.6 Å². The summed E-state index contributed by atoms with van der Waals surface area (Å²) in [7, 11) is -5.78. The van der Waals surface area contributed by atoms with Crippen molar-refractivity contribution in [2.24, 2.45) is 0 Å². The van der Waals surface area contributed by atoms with E-state index in [1.54, 1.807) is 22.6 Å². The summed E-state index contributed by atoms with van der Waals surface area (Å²) in [4.78, 5) is 24.6. The number of H-pyrrole nitrogens is 1. The number of hydrogen-bond donors (Lipinski definition) is 1. The third-order valence-corrected chi connectivity index (χ3v) is 4.96. The molecule has 0 bridgehead atoms. The van der Waals surface area contributed by atoms with E-state index in [1.165, 1.54) is 0 Å². The van der Waals surface area contributed by atoms with Gasteiger partial charge in [-0.05, 0) is 0 Å². The van der Waals surface area contributed by atoms with Crippen molar-refractivity contribution in [3.05, 3.63) is 33.1 Å². The fraction of sp³-hybridized carbons (Fsp3) is 0.600. The highest BCUT2D eigenvalue weighted by Crippen LogP contribution is 2.35. The Bertz CT molecular complexity index is 789. The highest BCUT2D eigenvalue weighted by molar-refractivity contribution is 14.1. The molecule has 1 aromatic rings. The second kappa shape index (κ2) is 6.52. The minimum atomic E-state index is -5.78. The molecule has 1 saturated heterocycles.